The molecule has 154 valence electrons. The second kappa shape index (κ2) is 8.30. The van der Waals surface area contributed by atoms with Gasteiger partial charge >= 0.3 is 0 Å². The van der Waals surface area contributed by atoms with E-state index in [0.717, 1.165) is 40.1 Å². The van der Waals surface area contributed by atoms with Crippen molar-refractivity contribution >= 4 is 34.3 Å². The minimum absolute atomic E-state index is 0.162. The second-order valence-electron chi connectivity index (χ2n) is 9.11. The first-order valence-electron chi connectivity index (χ1n) is 10.4. The summed E-state index contributed by atoms with van der Waals surface area (Å²) >= 11 is 1.75. The van der Waals surface area contributed by atoms with Gasteiger partial charge in [-0.05, 0) is 36.8 Å². The number of hydrogen-bond acceptors (Lipinski definition) is 7. The SMILES string of the molecule is Cc1nc(NCC(C)(C)C)nc(NC2CCCC2)c1C1=Nc2cnccc2CS1. The first-order valence-corrected chi connectivity index (χ1v) is 11.4. The van der Waals surface area contributed by atoms with Gasteiger partial charge in [-0.15, -0.1) is 11.8 Å². The maximum absolute atomic E-state index is 4.90. The Morgan fingerprint density at radius 2 is 1.97 bits per heavy atom. The van der Waals surface area contributed by atoms with Gasteiger partial charge in [-0.25, -0.2) is 9.98 Å². The van der Waals surface area contributed by atoms with Crippen LogP contribution in [-0.4, -0.2) is 32.6 Å². The Morgan fingerprint density at radius 3 is 2.72 bits per heavy atom. The molecular weight excluding hydrogens is 380 g/mol. The van der Waals surface area contributed by atoms with Crippen molar-refractivity contribution in [3.8, 4) is 0 Å². The molecule has 7 heteroatoms. The highest BCUT2D eigenvalue weighted by atomic mass is 32.2. The van der Waals surface area contributed by atoms with Crippen molar-refractivity contribution in [1.29, 1.82) is 0 Å². The van der Waals surface area contributed by atoms with Gasteiger partial charge < -0.3 is 10.6 Å². The fourth-order valence-corrected chi connectivity index (χ4v) is 4.76. The van der Waals surface area contributed by atoms with Crippen molar-refractivity contribution in [2.45, 2.75) is 65.2 Å². The molecule has 3 heterocycles. The van der Waals surface area contributed by atoms with Gasteiger partial charge in [0.2, 0.25) is 5.95 Å². The lowest BCUT2D eigenvalue weighted by Crippen LogP contribution is -2.23. The molecule has 0 saturated heterocycles. The quantitative estimate of drug-likeness (QED) is 0.695. The van der Waals surface area contributed by atoms with Crippen LogP contribution in [0, 0.1) is 12.3 Å². The topological polar surface area (TPSA) is 75.1 Å². The monoisotopic (exact) mass is 410 g/mol. The van der Waals surface area contributed by atoms with E-state index in [9.17, 15) is 0 Å². The van der Waals surface area contributed by atoms with E-state index in [4.69, 9.17) is 15.0 Å². The van der Waals surface area contributed by atoms with Crippen LogP contribution in [-0.2, 0) is 5.75 Å². The first-order chi connectivity index (χ1) is 13.9. The van der Waals surface area contributed by atoms with Crippen LogP contribution in [0.2, 0.25) is 0 Å². The number of hydrogen-bond donors (Lipinski definition) is 2. The van der Waals surface area contributed by atoms with Crippen molar-refractivity contribution < 1.29 is 0 Å². The number of pyridine rings is 1. The summed E-state index contributed by atoms with van der Waals surface area (Å²) in [5.74, 6) is 2.48. The van der Waals surface area contributed by atoms with Gasteiger partial charge in [0.25, 0.3) is 0 Å². The van der Waals surface area contributed by atoms with Crippen LogP contribution >= 0.6 is 11.8 Å². The molecule has 1 fully saturated rings. The Bertz CT molecular complexity index is 912. The van der Waals surface area contributed by atoms with E-state index in [2.05, 4.69) is 43.3 Å². The Balaban J connectivity index is 1.70. The highest BCUT2D eigenvalue weighted by Crippen LogP contribution is 2.36. The molecule has 4 rings (SSSR count). The average Bonchev–Trinajstić information content (AvgIpc) is 3.18. The molecule has 0 bridgehead atoms. The summed E-state index contributed by atoms with van der Waals surface area (Å²) in [6.45, 7) is 9.50. The van der Waals surface area contributed by atoms with Gasteiger partial charge in [-0.1, -0.05) is 33.6 Å². The lowest BCUT2D eigenvalue weighted by atomic mass is 9.97. The maximum Gasteiger partial charge on any atom is 0.224 e. The molecule has 0 amide bonds. The van der Waals surface area contributed by atoms with Crippen molar-refractivity contribution in [3.63, 3.8) is 0 Å². The van der Waals surface area contributed by atoms with Crippen LogP contribution in [0.5, 0.6) is 0 Å². The summed E-state index contributed by atoms with van der Waals surface area (Å²) in [4.78, 5) is 18.8. The summed E-state index contributed by atoms with van der Waals surface area (Å²) in [7, 11) is 0. The highest BCUT2D eigenvalue weighted by Gasteiger charge is 2.24. The molecule has 1 aliphatic carbocycles. The normalized spacial score (nSPS) is 17.0. The number of aliphatic imine (C=N–C) groups is 1. The van der Waals surface area contributed by atoms with E-state index in [1.807, 2.05) is 18.5 Å². The zero-order valence-electron chi connectivity index (χ0n) is 17.7. The maximum atomic E-state index is 4.90. The van der Waals surface area contributed by atoms with Gasteiger partial charge in [-0.2, -0.15) is 4.98 Å². The van der Waals surface area contributed by atoms with Gasteiger partial charge in [0.1, 0.15) is 10.9 Å². The van der Waals surface area contributed by atoms with Crippen molar-refractivity contribution in [2.24, 2.45) is 10.4 Å². The fraction of sp³-hybridized carbons (Fsp3) is 0.545. The third-order valence-corrected chi connectivity index (χ3v) is 6.27. The lowest BCUT2D eigenvalue weighted by Gasteiger charge is -2.23. The number of nitrogens with zero attached hydrogens (tertiary/aromatic N) is 4. The second-order valence-corrected chi connectivity index (χ2v) is 10.1. The number of fused-ring (bicyclic) bond motifs is 1. The van der Waals surface area contributed by atoms with E-state index >= 15 is 0 Å². The third kappa shape index (κ3) is 4.89. The number of aromatic nitrogens is 3. The van der Waals surface area contributed by atoms with Gasteiger partial charge in [-0.3, -0.25) is 4.98 Å². The van der Waals surface area contributed by atoms with Crippen molar-refractivity contribution in [3.05, 3.63) is 35.3 Å². The minimum Gasteiger partial charge on any atom is -0.367 e. The van der Waals surface area contributed by atoms with E-state index in [-0.39, 0.29) is 5.41 Å². The van der Waals surface area contributed by atoms with E-state index < -0.39 is 0 Å². The summed E-state index contributed by atoms with van der Waals surface area (Å²) in [6.07, 6.45) is 8.62. The van der Waals surface area contributed by atoms with Crippen LogP contribution < -0.4 is 10.6 Å². The van der Waals surface area contributed by atoms with Crippen LogP contribution in [0.15, 0.2) is 23.5 Å². The molecule has 1 aliphatic heterocycles. The zero-order valence-corrected chi connectivity index (χ0v) is 18.6. The largest absolute Gasteiger partial charge is 0.367 e. The van der Waals surface area contributed by atoms with Gasteiger partial charge in [0.15, 0.2) is 0 Å². The molecule has 29 heavy (non-hydrogen) atoms. The Hall–Kier alpha value is -2.15. The highest BCUT2D eigenvalue weighted by molar-refractivity contribution is 8.13. The molecule has 1 saturated carbocycles. The van der Waals surface area contributed by atoms with E-state index in [1.165, 1.54) is 31.2 Å². The summed E-state index contributed by atoms with van der Waals surface area (Å²) in [5.41, 5.74) is 4.31. The van der Waals surface area contributed by atoms with E-state index in [1.54, 1.807) is 11.8 Å². The van der Waals surface area contributed by atoms with Crippen molar-refractivity contribution in [2.75, 3.05) is 17.2 Å². The summed E-state index contributed by atoms with van der Waals surface area (Å²) in [5, 5.41) is 8.10. The fourth-order valence-electron chi connectivity index (χ4n) is 3.67. The third-order valence-electron chi connectivity index (χ3n) is 5.25. The molecule has 6 nitrogen and oxygen atoms in total. The predicted octanol–water partition coefficient (Wildman–Crippen LogP) is 5.32. The van der Waals surface area contributed by atoms with Crippen LogP contribution in [0.1, 0.15) is 63.3 Å². The molecule has 0 unspecified atom stereocenters. The Morgan fingerprint density at radius 1 is 1.17 bits per heavy atom. The molecular formula is C22H30N6S. The van der Waals surface area contributed by atoms with Crippen molar-refractivity contribution in [1.82, 2.24) is 15.0 Å². The number of rotatable bonds is 5. The molecule has 2 aromatic rings. The van der Waals surface area contributed by atoms with Crippen LogP contribution in [0.3, 0.4) is 0 Å². The standard InChI is InChI=1S/C22H30N6S/c1-14-18(20-27-17-11-23-10-9-15(17)12-29-20)19(26-16-7-5-6-8-16)28-21(25-14)24-13-22(2,3)4/h9-11,16H,5-8,12-13H2,1-4H3,(H2,24,25,26,28). The predicted molar refractivity (Wildman–Crippen MR) is 122 cm³/mol. The smallest absolute Gasteiger partial charge is 0.224 e. The average molecular weight is 411 g/mol. The molecule has 0 radical (unpaired) electrons. The summed E-state index contributed by atoms with van der Waals surface area (Å²) in [6, 6.07) is 2.52. The lowest BCUT2D eigenvalue weighted by molar-refractivity contribution is 0.441. The Labute approximate surface area is 177 Å². The molecule has 0 spiro atoms. The molecule has 0 atom stereocenters. The van der Waals surface area contributed by atoms with Gasteiger partial charge in [0, 0.05) is 24.5 Å². The zero-order chi connectivity index (χ0) is 20.4. The number of aryl methyl sites for hydroxylation is 1. The first kappa shape index (κ1) is 20.1. The molecule has 0 aromatic carbocycles. The Kier molecular flexibility index (Phi) is 5.76. The molecule has 2 N–H and O–H groups in total. The number of nitrogens with one attached hydrogen (secondary N) is 2. The minimum atomic E-state index is 0.162. The van der Waals surface area contributed by atoms with Gasteiger partial charge in [0.05, 0.1) is 23.1 Å². The number of anilines is 2. The molecule has 2 aliphatic rings. The van der Waals surface area contributed by atoms with Crippen LogP contribution in [0.4, 0.5) is 17.5 Å². The molecule has 2 aromatic heterocycles. The van der Waals surface area contributed by atoms with E-state index in [0.29, 0.717) is 12.0 Å². The van der Waals surface area contributed by atoms with Crippen LogP contribution in [0.25, 0.3) is 0 Å². The summed E-state index contributed by atoms with van der Waals surface area (Å²) < 4.78 is 0. The number of thioether (sulfide) groups is 1.